The van der Waals surface area contributed by atoms with Crippen molar-refractivity contribution in [2.24, 2.45) is 17.3 Å². The quantitative estimate of drug-likeness (QED) is 0.724. The summed E-state index contributed by atoms with van der Waals surface area (Å²) < 4.78 is 17.8. The summed E-state index contributed by atoms with van der Waals surface area (Å²) in [6.45, 7) is 9.32. The van der Waals surface area contributed by atoms with Crippen molar-refractivity contribution in [3.05, 3.63) is 0 Å². The van der Waals surface area contributed by atoms with Gasteiger partial charge in [-0.25, -0.2) is 0 Å². The maximum atomic E-state index is 5.94. The second kappa shape index (κ2) is 5.31. The Morgan fingerprint density at radius 2 is 1.53 bits per heavy atom. The fourth-order valence-electron chi connectivity index (χ4n) is 3.74. The Bertz CT molecular complexity index is 299. The second-order valence-electron chi connectivity index (χ2n) is 7.23. The maximum absolute atomic E-state index is 5.94. The maximum Gasteiger partial charge on any atom is 0.285 e. The first-order valence-electron chi connectivity index (χ1n) is 8.01. The van der Waals surface area contributed by atoms with E-state index in [1.807, 2.05) is 0 Å². The predicted octanol–water partition coefficient (Wildman–Crippen LogP) is 3.28. The summed E-state index contributed by atoms with van der Waals surface area (Å²) >= 11 is -0.441. The van der Waals surface area contributed by atoms with Crippen LogP contribution in [0, 0.1) is 17.3 Å². The minimum Gasteiger partial charge on any atom is -0.326 e. The summed E-state index contributed by atoms with van der Waals surface area (Å²) in [5.74, 6) is 0.733. The van der Waals surface area contributed by atoms with Gasteiger partial charge in [0, 0.05) is 11.3 Å². The van der Waals surface area contributed by atoms with Crippen LogP contribution >= 0.6 is 0 Å². The Morgan fingerprint density at radius 3 is 2.00 bits per heavy atom. The fraction of sp³-hybridized carbons (Fsp3) is 1.00. The molecule has 4 heteroatoms. The number of fused-ring (bicyclic) bond motifs is 3. The highest BCUT2D eigenvalue weighted by Gasteiger charge is 2.57. The second-order valence-corrected chi connectivity index (χ2v) is 11.1. The largest absolute Gasteiger partial charge is 0.326 e. The molecule has 0 radical (unpaired) electrons. The van der Waals surface area contributed by atoms with Crippen LogP contribution in [0.25, 0.3) is 0 Å². The molecule has 4 fully saturated rings. The molecular formula is C15H27AlO3. The van der Waals surface area contributed by atoms with Gasteiger partial charge in [0.25, 0.3) is 20.1 Å². The summed E-state index contributed by atoms with van der Waals surface area (Å²) in [5, 5.41) is 4.41. The van der Waals surface area contributed by atoms with Crippen LogP contribution in [0.2, 0.25) is 15.8 Å². The van der Waals surface area contributed by atoms with E-state index < -0.39 is 20.1 Å². The number of ether oxygens (including phenoxy) is 3. The van der Waals surface area contributed by atoms with E-state index in [9.17, 15) is 0 Å². The van der Waals surface area contributed by atoms with Gasteiger partial charge in [-0.05, 0) is 12.8 Å². The summed E-state index contributed by atoms with van der Waals surface area (Å²) in [6, 6.07) is 0. The molecule has 0 amide bonds. The van der Waals surface area contributed by atoms with E-state index >= 15 is 0 Å². The van der Waals surface area contributed by atoms with Crippen molar-refractivity contribution in [3.8, 4) is 0 Å². The van der Waals surface area contributed by atoms with Crippen LogP contribution in [-0.2, 0) is 14.2 Å². The lowest BCUT2D eigenvalue weighted by atomic mass is 9.73. The van der Waals surface area contributed by atoms with Crippen LogP contribution in [0.5, 0.6) is 0 Å². The Balaban J connectivity index is 1.51. The first-order chi connectivity index (χ1) is 9.09. The van der Waals surface area contributed by atoms with Gasteiger partial charge in [-0.1, -0.05) is 42.5 Å². The van der Waals surface area contributed by atoms with Gasteiger partial charge < -0.3 is 14.2 Å². The molecule has 108 valence electrons. The molecule has 2 bridgehead atoms. The molecule has 1 saturated carbocycles. The lowest BCUT2D eigenvalue weighted by Gasteiger charge is -2.56. The van der Waals surface area contributed by atoms with Crippen LogP contribution in [0.4, 0.5) is 0 Å². The standard InChI is InChI=1S/C11H17O3.2C2H5.Al/c1-8-3-9(4-8)11-12-5-10(2,6-13-11)7-14-11;2*1-2;/h8-9H,1,3-7H2,2H3;2*1H2,2H3;. The Kier molecular flexibility index (Phi) is 4.01. The topological polar surface area (TPSA) is 27.7 Å². The zero-order valence-electron chi connectivity index (χ0n) is 12.6. The average molecular weight is 282 g/mol. The first kappa shape index (κ1) is 14.4. The molecule has 0 N–H and O–H groups in total. The number of rotatable bonds is 5. The normalized spacial score (nSPS) is 45.0. The lowest BCUT2D eigenvalue weighted by Crippen LogP contribution is -2.64. The summed E-state index contributed by atoms with van der Waals surface area (Å²) in [6.07, 6.45) is 2.50. The minimum absolute atomic E-state index is 0.0906. The van der Waals surface area contributed by atoms with Crippen molar-refractivity contribution in [3.63, 3.8) is 0 Å². The number of hydrogen-bond acceptors (Lipinski definition) is 3. The van der Waals surface area contributed by atoms with Gasteiger partial charge in [0.15, 0.2) is 0 Å². The van der Waals surface area contributed by atoms with Crippen molar-refractivity contribution >= 4 is 14.1 Å². The third-order valence-electron chi connectivity index (χ3n) is 5.42. The lowest BCUT2D eigenvalue weighted by molar-refractivity contribution is -0.491. The van der Waals surface area contributed by atoms with Gasteiger partial charge in [-0.3, -0.25) is 0 Å². The molecular weight excluding hydrogens is 255 g/mol. The third-order valence-corrected chi connectivity index (χ3v) is 9.07. The van der Waals surface area contributed by atoms with Gasteiger partial charge in [0.1, 0.15) is 0 Å². The minimum atomic E-state index is -0.663. The van der Waals surface area contributed by atoms with Gasteiger partial charge in [-0.15, -0.1) is 0 Å². The summed E-state index contributed by atoms with van der Waals surface area (Å²) in [7, 11) is 0. The molecule has 4 aliphatic rings. The van der Waals surface area contributed by atoms with E-state index in [4.69, 9.17) is 14.2 Å². The van der Waals surface area contributed by atoms with Crippen molar-refractivity contribution in [1.82, 2.24) is 0 Å². The fourth-order valence-corrected chi connectivity index (χ4v) is 6.31. The molecule has 0 aromatic rings. The third kappa shape index (κ3) is 2.63. The van der Waals surface area contributed by atoms with Gasteiger partial charge >= 0.3 is 0 Å². The monoisotopic (exact) mass is 282 g/mol. The van der Waals surface area contributed by atoms with Crippen LogP contribution < -0.4 is 0 Å². The molecule has 3 saturated heterocycles. The first-order valence-corrected chi connectivity index (χ1v) is 10.5. The molecule has 3 nitrogen and oxygen atoms in total. The van der Waals surface area contributed by atoms with E-state index in [0.717, 1.165) is 25.7 Å². The van der Waals surface area contributed by atoms with Crippen molar-refractivity contribution < 1.29 is 14.2 Å². The molecule has 0 spiro atoms. The average Bonchev–Trinajstić information content (AvgIpc) is 2.39. The Hall–Kier alpha value is 0.412. The smallest absolute Gasteiger partial charge is 0.285 e. The van der Waals surface area contributed by atoms with E-state index in [-0.39, 0.29) is 5.41 Å². The van der Waals surface area contributed by atoms with Crippen LogP contribution in [0.3, 0.4) is 0 Å². The summed E-state index contributed by atoms with van der Waals surface area (Å²) in [4.78, 5) is 0. The molecule has 0 atom stereocenters. The molecule has 0 aromatic carbocycles. The van der Waals surface area contributed by atoms with Crippen LogP contribution in [0.15, 0.2) is 0 Å². The van der Waals surface area contributed by atoms with E-state index in [2.05, 4.69) is 20.8 Å². The molecule has 4 rings (SSSR count). The molecule has 0 unspecified atom stereocenters. The molecule has 1 aliphatic carbocycles. The van der Waals surface area contributed by atoms with Crippen molar-refractivity contribution in [2.75, 3.05) is 19.8 Å². The molecule has 3 aliphatic heterocycles. The Morgan fingerprint density at radius 1 is 1.00 bits per heavy atom. The van der Waals surface area contributed by atoms with Crippen molar-refractivity contribution in [2.45, 2.75) is 55.4 Å². The van der Waals surface area contributed by atoms with Gasteiger partial charge in [0.2, 0.25) is 0 Å². The van der Waals surface area contributed by atoms with Gasteiger partial charge in [-0.2, -0.15) is 0 Å². The number of hydrogen-bond donors (Lipinski definition) is 0. The predicted molar refractivity (Wildman–Crippen MR) is 76.4 cm³/mol. The zero-order valence-corrected chi connectivity index (χ0v) is 13.8. The zero-order chi connectivity index (χ0) is 13.5. The molecule has 3 heterocycles. The van der Waals surface area contributed by atoms with E-state index in [0.29, 0.717) is 5.92 Å². The highest BCUT2D eigenvalue weighted by atomic mass is 27.2. The SMILES string of the molecule is C[CH2][Al]([CH2]C)[CH2]C1CC(C23OCC(C)(CO2)CO3)C1. The highest BCUT2D eigenvalue weighted by Crippen LogP contribution is 2.51. The molecule has 0 aromatic heterocycles. The van der Waals surface area contributed by atoms with E-state index in [1.54, 1.807) is 0 Å². The summed E-state index contributed by atoms with van der Waals surface area (Å²) in [5.41, 5.74) is 0.0906. The van der Waals surface area contributed by atoms with Gasteiger partial charge in [0.05, 0.1) is 19.8 Å². The highest BCUT2D eigenvalue weighted by molar-refractivity contribution is 6.58. The molecule has 19 heavy (non-hydrogen) atoms. The Labute approximate surface area is 121 Å². The van der Waals surface area contributed by atoms with Crippen LogP contribution in [0.1, 0.15) is 33.6 Å². The van der Waals surface area contributed by atoms with Crippen molar-refractivity contribution in [1.29, 1.82) is 0 Å². The van der Waals surface area contributed by atoms with Crippen LogP contribution in [-0.4, -0.2) is 39.9 Å². The van der Waals surface area contributed by atoms with E-state index in [1.165, 1.54) is 28.7 Å².